The molecule has 4 aliphatic carbocycles. The minimum Gasteiger partial charge on any atom is -0.350 e. The van der Waals surface area contributed by atoms with E-state index in [1.165, 1.54) is 38.5 Å². The highest BCUT2D eigenvalue weighted by atomic mass is 35.5. The summed E-state index contributed by atoms with van der Waals surface area (Å²) in [6, 6.07) is 7.49. The minimum atomic E-state index is 0.0517. The van der Waals surface area contributed by atoms with E-state index in [0.29, 0.717) is 11.4 Å². The number of nitrogens with one attached hydrogen (secondary N) is 1. The number of amidine groups is 1. The van der Waals surface area contributed by atoms with Crippen LogP contribution in [0.25, 0.3) is 0 Å². The number of hydrogen-bond donors (Lipinski definition) is 1. The molecule has 5 aliphatic rings. The van der Waals surface area contributed by atoms with Crippen molar-refractivity contribution in [2.45, 2.75) is 56.5 Å². The van der Waals surface area contributed by atoms with Gasteiger partial charge >= 0.3 is 0 Å². The van der Waals surface area contributed by atoms with Gasteiger partial charge in [0.1, 0.15) is 0 Å². The molecule has 5 fully saturated rings. The summed E-state index contributed by atoms with van der Waals surface area (Å²) in [6.45, 7) is 0. The zero-order valence-electron chi connectivity index (χ0n) is 16.4. The van der Waals surface area contributed by atoms with E-state index < -0.39 is 0 Å². The van der Waals surface area contributed by atoms with Crippen LogP contribution in [-0.2, 0) is 4.79 Å². The van der Waals surface area contributed by atoms with Crippen LogP contribution in [0.5, 0.6) is 0 Å². The van der Waals surface area contributed by atoms with Gasteiger partial charge in [-0.2, -0.15) is 0 Å². The van der Waals surface area contributed by atoms with E-state index in [2.05, 4.69) is 17.3 Å². The van der Waals surface area contributed by atoms with Crippen molar-refractivity contribution in [1.29, 1.82) is 0 Å². The van der Waals surface area contributed by atoms with Gasteiger partial charge in [0, 0.05) is 36.0 Å². The summed E-state index contributed by atoms with van der Waals surface area (Å²) in [5.74, 6) is 3.72. The molecular weight excluding hydrogens is 390 g/mol. The quantitative estimate of drug-likeness (QED) is 0.746. The summed E-state index contributed by atoms with van der Waals surface area (Å²) in [6.07, 6.45) is 8.70. The lowest BCUT2D eigenvalue weighted by Gasteiger charge is -2.55. The second-order valence-corrected chi connectivity index (χ2v) is 10.8. The van der Waals surface area contributed by atoms with E-state index in [-0.39, 0.29) is 17.5 Å². The molecule has 1 unspecified atom stereocenters. The van der Waals surface area contributed by atoms with Gasteiger partial charge in [0.15, 0.2) is 5.17 Å². The lowest BCUT2D eigenvalue weighted by Crippen LogP contribution is -2.50. The summed E-state index contributed by atoms with van der Waals surface area (Å²) in [5, 5.41) is 4.82. The number of amides is 1. The van der Waals surface area contributed by atoms with Crippen molar-refractivity contribution < 1.29 is 4.79 Å². The lowest BCUT2D eigenvalue weighted by atomic mass is 9.53. The number of anilines is 1. The summed E-state index contributed by atoms with van der Waals surface area (Å²) >= 11 is 7.75. The SMILES string of the molecule is CN1C(=NC23CC4CC(CC(C4)C2)C3)SCC1CC(=O)Nc1ccc(Cl)cc1. The molecule has 1 amide bonds. The molecule has 1 N–H and O–H groups in total. The van der Waals surface area contributed by atoms with Crippen LogP contribution in [-0.4, -0.2) is 40.4 Å². The number of aliphatic imine (C=N–C) groups is 1. The minimum absolute atomic E-state index is 0.0517. The van der Waals surface area contributed by atoms with Crippen molar-refractivity contribution >= 4 is 40.1 Å². The number of thioether (sulfide) groups is 1. The van der Waals surface area contributed by atoms with Gasteiger partial charge in [-0.15, -0.1) is 0 Å². The number of benzene rings is 1. The molecule has 6 rings (SSSR count). The van der Waals surface area contributed by atoms with Crippen LogP contribution in [0.2, 0.25) is 5.02 Å². The summed E-state index contributed by atoms with van der Waals surface area (Å²) in [4.78, 5) is 20.1. The van der Waals surface area contributed by atoms with Gasteiger partial charge in [-0.1, -0.05) is 23.4 Å². The number of halogens is 1. The molecule has 1 aromatic rings. The number of nitrogens with zero attached hydrogens (tertiary/aromatic N) is 2. The molecule has 28 heavy (non-hydrogen) atoms. The molecule has 150 valence electrons. The van der Waals surface area contributed by atoms with Crippen molar-refractivity contribution in [2.24, 2.45) is 22.7 Å². The Bertz CT molecular complexity index is 758. The lowest BCUT2D eigenvalue weighted by molar-refractivity contribution is -0.116. The molecule has 1 aromatic carbocycles. The fourth-order valence-electron chi connectivity index (χ4n) is 6.21. The van der Waals surface area contributed by atoms with Crippen LogP contribution < -0.4 is 5.32 Å². The molecule has 0 aromatic heterocycles. The predicted molar refractivity (Wildman–Crippen MR) is 117 cm³/mol. The van der Waals surface area contributed by atoms with Crippen LogP contribution in [0, 0.1) is 17.8 Å². The highest BCUT2D eigenvalue weighted by Crippen LogP contribution is 2.57. The molecule has 4 bridgehead atoms. The van der Waals surface area contributed by atoms with E-state index in [0.717, 1.165) is 34.4 Å². The van der Waals surface area contributed by atoms with E-state index in [1.54, 1.807) is 12.1 Å². The Hall–Kier alpha value is -1.20. The summed E-state index contributed by atoms with van der Waals surface area (Å²) in [7, 11) is 2.11. The molecule has 1 heterocycles. The number of carbonyl (C=O) groups is 1. The van der Waals surface area contributed by atoms with Crippen molar-refractivity contribution in [2.75, 3.05) is 18.1 Å². The largest absolute Gasteiger partial charge is 0.350 e. The zero-order valence-corrected chi connectivity index (χ0v) is 17.9. The van der Waals surface area contributed by atoms with Gasteiger partial charge in [0.2, 0.25) is 5.91 Å². The second-order valence-electron chi connectivity index (χ2n) is 9.37. The van der Waals surface area contributed by atoms with E-state index in [1.807, 2.05) is 23.9 Å². The van der Waals surface area contributed by atoms with Crippen LogP contribution in [0.15, 0.2) is 29.3 Å². The predicted octanol–water partition coefficient (Wildman–Crippen LogP) is 5.04. The average Bonchev–Trinajstić information content (AvgIpc) is 2.95. The van der Waals surface area contributed by atoms with Gasteiger partial charge < -0.3 is 10.2 Å². The van der Waals surface area contributed by atoms with E-state index in [9.17, 15) is 4.79 Å². The second kappa shape index (κ2) is 7.24. The highest BCUT2D eigenvalue weighted by molar-refractivity contribution is 8.14. The summed E-state index contributed by atoms with van der Waals surface area (Å²) < 4.78 is 0. The molecule has 0 radical (unpaired) electrons. The number of rotatable bonds is 4. The van der Waals surface area contributed by atoms with Crippen LogP contribution in [0.3, 0.4) is 0 Å². The normalized spacial score (nSPS) is 37.6. The van der Waals surface area contributed by atoms with Gasteiger partial charge in [-0.25, -0.2) is 0 Å². The zero-order chi connectivity index (χ0) is 19.3. The molecular formula is C22H28ClN3OS. The Morgan fingerprint density at radius 1 is 1.18 bits per heavy atom. The smallest absolute Gasteiger partial charge is 0.226 e. The summed E-state index contributed by atoms with van der Waals surface area (Å²) in [5.41, 5.74) is 0.997. The first kappa shape index (κ1) is 18.8. The first-order valence-corrected chi connectivity index (χ1v) is 11.9. The third-order valence-electron chi connectivity index (χ3n) is 7.14. The Morgan fingerprint density at radius 2 is 1.79 bits per heavy atom. The van der Waals surface area contributed by atoms with Gasteiger partial charge in [-0.3, -0.25) is 9.79 Å². The third kappa shape index (κ3) is 3.68. The molecule has 1 saturated heterocycles. The van der Waals surface area contributed by atoms with Crippen molar-refractivity contribution in [3.8, 4) is 0 Å². The monoisotopic (exact) mass is 417 g/mol. The third-order valence-corrected chi connectivity index (χ3v) is 8.58. The molecule has 4 nitrogen and oxygen atoms in total. The highest BCUT2D eigenvalue weighted by Gasteiger charge is 2.51. The van der Waals surface area contributed by atoms with Crippen molar-refractivity contribution in [3.05, 3.63) is 29.3 Å². The molecule has 1 aliphatic heterocycles. The maximum absolute atomic E-state index is 12.5. The van der Waals surface area contributed by atoms with E-state index in [4.69, 9.17) is 16.6 Å². The Morgan fingerprint density at radius 3 is 2.39 bits per heavy atom. The Labute approximate surface area is 176 Å². The maximum Gasteiger partial charge on any atom is 0.226 e. The van der Waals surface area contributed by atoms with Crippen molar-refractivity contribution in [3.63, 3.8) is 0 Å². The van der Waals surface area contributed by atoms with Gasteiger partial charge in [0.25, 0.3) is 0 Å². The fourth-order valence-corrected chi connectivity index (χ4v) is 7.63. The Balaban J connectivity index is 1.23. The average molecular weight is 418 g/mol. The van der Waals surface area contributed by atoms with Crippen LogP contribution >= 0.6 is 23.4 Å². The topological polar surface area (TPSA) is 44.7 Å². The van der Waals surface area contributed by atoms with Crippen molar-refractivity contribution in [1.82, 2.24) is 4.90 Å². The molecule has 1 atom stereocenters. The Kier molecular flexibility index (Phi) is 4.87. The molecule has 4 saturated carbocycles. The number of carbonyl (C=O) groups excluding carboxylic acids is 1. The van der Waals surface area contributed by atoms with Crippen LogP contribution in [0.4, 0.5) is 5.69 Å². The molecule has 6 heteroatoms. The maximum atomic E-state index is 12.5. The standard InChI is InChI=1S/C22H28ClN3OS/c1-26-19(9-20(27)24-18-4-2-17(23)3-5-18)13-28-21(26)25-22-10-14-6-15(11-22)8-16(7-14)12-22/h2-5,14-16,19H,6-13H2,1H3,(H,24,27). The first-order valence-electron chi connectivity index (χ1n) is 10.5. The van der Waals surface area contributed by atoms with Gasteiger partial charge in [0.05, 0.1) is 5.54 Å². The number of hydrogen-bond acceptors (Lipinski definition) is 3. The van der Waals surface area contributed by atoms with E-state index >= 15 is 0 Å². The first-order chi connectivity index (χ1) is 13.5. The van der Waals surface area contributed by atoms with Gasteiger partial charge in [-0.05, 0) is 80.5 Å². The molecule has 0 spiro atoms. The van der Waals surface area contributed by atoms with Crippen LogP contribution in [0.1, 0.15) is 44.9 Å². The fraction of sp³-hybridized carbons (Fsp3) is 0.636.